The molecule has 0 saturated carbocycles. The van der Waals surface area contributed by atoms with Gasteiger partial charge in [0, 0.05) is 32.6 Å². The molecule has 2 aliphatic rings. The van der Waals surface area contributed by atoms with E-state index in [1.54, 1.807) is 6.92 Å². The highest BCUT2D eigenvalue weighted by atomic mass is 16.2. The minimum absolute atomic E-state index is 0.184. The highest BCUT2D eigenvalue weighted by Gasteiger charge is 2.22. The Morgan fingerprint density at radius 1 is 1.03 bits per heavy atom. The first-order valence-corrected chi connectivity index (χ1v) is 11.2. The standard InChI is InChI=1S/C26H34N2O/c1-19-18-28(21(3)29)16-13-24-10-11-25(17-26(19)24)23-8-6-22(7-9-23)12-15-27-14-4-5-20(27)2/h6-11,17,19-20H,4-5,12-16,18H2,1-3H3/t19-,20+/m0/s1. The summed E-state index contributed by atoms with van der Waals surface area (Å²) in [6, 6.07) is 16.7. The van der Waals surface area contributed by atoms with Gasteiger partial charge in [-0.1, -0.05) is 49.4 Å². The summed E-state index contributed by atoms with van der Waals surface area (Å²) >= 11 is 0. The Labute approximate surface area is 175 Å². The molecule has 4 rings (SSSR count). The summed E-state index contributed by atoms with van der Waals surface area (Å²) in [4.78, 5) is 16.5. The van der Waals surface area contributed by atoms with Crippen LogP contribution in [0.25, 0.3) is 11.1 Å². The van der Waals surface area contributed by atoms with Gasteiger partial charge < -0.3 is 9.80 Å². The molecule has 3 nitrogen and oxygen atoms in total. The SMILES string of the molecule is CC(=O)N1CCc2ccc(-c3ccc(CCN4CCC[C@H]4C)cc3)cc2[C@@H](C)C1. The third-order valence-electron chi connectivity index (χ3n) is 6.93. The van der Waals surface area contributed by atoms with Gasteiger partial charge in [-0.25, -0.2) is 0 Å². The van der Waals surface area contributed by atoms with Crippen LogP contribution in [0.3, 0.4) is 0 Å². The van der Waals surface area contributed by atoms with E-state index < -0.39 is 0 Å². The van der Waals surface area contributed by atoms with Crippen molar-refractivity contribution in [3.63, 3.8) is 0 Å². The molecule has 3 heteroatoms. The van der Waals surface area contributed by atoms with Crippen LogP contribution in [0.15, 0.2) is 42.5 Å². The molecule has 1 saturated heterocycles. The number of likely N-dealkylation sites (tertiary alicyclic amines) is 1. The van der Waals surface area contributed by atoms with Gasteiger partial charge in [0.05, 0.1) is 0 Å². The normalized spacial score (nSPS) is 22.4. The quantitative estimate of drug-likeness (QED) is 0.742. The number of carbonyl (C=O) groups excluding carboxylic acids is 1. The maximum Gasteiger partial charge on any atom is 0.219 e. The van der Waals surface area contributed by atoms with Crippen molar-refractivity contribution in [1.29, 1.82) is 0 Å². The predicted octanol–water partition coefficient (Wildman–Crippen LogP) is 4.89. The molecule has 2 aliphatic heterocycles. The van der Waals surface area contributed by atoms with E-state index in [0.29, 0.717) is 5.92 Å². The Morgan fingerprint density at radius 2 is 1.79 bits per heavy atom. The molecule has 0 aliphatic carbocycles. The summed E-state index contributed by atoms with van der Waals surface area (Å²) in [5.74, 6) is 0.557. The maximum atomic E-state index is 11.8. The van der Waals surface area contributed by atoms with Crippen LogP contribution in [0.4, 0.5) is 0 Å². The van der Waals surface area contributed by atoms with Crippen LogP contribution in [0, 0.1) is 0 Å². The van der Waals surface area contributed by atoms with Crippen LogP contribution < -0.4 is 0 Å². The molecule has 2 atom stereocenters. The van der Waals surface area contributed by atoms with Crippen molar-refractivity contribution >= 4 is 5.91 Å². The zero-order chi connectivity index (χ0) is 20.4. The summed E-state index contributed by atoms with van der Waals surface area (Å²) in [5.41, 5.74) is 6.78. The number of carbonyl (C=O) groups is 1. The minimum atomic E-state index is 0.184. The molecule has 0 N–H and O–H groups in total. The van der Waals surface area contributed by atoms with Crippen molar-refractivity contribution in [2.75, 3.05) is 26.2 Å². The maximum absolute atomic E-state index is 11.8. The molecule has 1 fully saturated rings. The molecule has 0 spiro atoms. The average Bonchev–Trinajstić information content (AvgIpc) is 3.06. The van der Waals surface area contributed by atoms with Gasteiger partial charge in [-0.3, -0.25) is 4.79 Å². The van der Waals surface area contributed by atoms with E-state index in [-0.39, 0.29) is 5.91 Å². The van der Waals surface area contributed by atoms with E-state index in [9.17, 15) is 4.79 Å². The molecule has 0 bridgehead atoms. The van der Waals surface area contributed by atoms with Gasteiger partial charge >= 0.3 is 0 Å². The number of nitrogens with zero attached hydrogens (tertiary/aromatic N) is 2. The second-order valence-corrected chi connectivity index (χ2v) is 9.00. The van der Waals surface area contributed by atoms with Crippen molar-refractivity contribution in [1.82, 2.24) is 9.80 Å². The monoisotopic (exact) mass is 390 g/mol. The van der Waals surface area contributed by atoms with E-state index in [4.69, 9.17) is 0 Å². The third kappa shape index (κ3) is 4.56. The van der Waals surface area contributed by atoms with Crippen molar-refractivity contribution in [2.45, 2.75) is 58.4 Å². The number of hydrogen-bond acceptors (Lipinski definition) is 2. The molecule has 29 heavy (non-hydrogen) atoms. The molecule has 1 amide bonds. The summed E-state index contributed by atoms with van der Waals surface area (Å²) < 4.78 is 0. The van der Waals surface area contributed by atoms with Crippen LogP contribution >= 0.6 is 0 Å². The second kappa shape index (κ2) is 8.71. The van der Waals surface area contributed by atoms with E-state index in [1.807, 2.05) is 4.90 Å². The lowest BCUT2D eigenvalue weighted by molar-refractivity contribution is -0.128. The lowest BCUT2D eigenvalue weighted by Crippen LogP contribution is -2.32. The first-order valence-electron chi connectivity index (χ1n) is 11.2. The smallest absolute Gasteiger partial charge is 0.219 e. The molecule has 2 heterocycles. The third-order valence-corrected chi connectivity index (χ3v) is 6.93. The summed E-state index contributed by atoms with van der Waals surface area (Å²) in [7, 11) is 0. The van der Waals surface area contributed by atoms with Crippen LogP contribution in [0.1, 0.15) is 56.2 Å². The van der Waals surface area contributed by atoms with Gasteiger partial charge in [0.1, 0.15) is 0 Å². The van der Waals surface area contributed by atoms with Crippen molar-refractivity contribution in [3.8, 4) is 11.1 Å². The fraction of sp³-hybridized carbons (Fsp3) is 0.500. The Bertz CT molecular complexity index is 858. The van der Waals surface area contributed by atoms with E-state index >= 15 is 0 Å². The number of hydrogen-bond donors (Lipinski definition) is 0. The fourth-order valence-electron chi connectivity index (χ4n) is 4.98. The van der Waals surface area contributed by atoms with Gasteiger partial charge in [0.2, 0.25) is 5.91 Å². The number of rotatable bonds is 4. The molecular weight excluding hydrogens is 356 g/mol. The van der Waals surface area contributed by atoms with Gasteiger partial charge in [-0.05, 0) is 72.9 Å². The van der Waals surface area contributed by atoms with Crippen molar-refractivity contribution in [2.24, 2.45) is 0 Å². The average molecular weight is 391 g/mol. The van der Waals surface area contributed by atoms with Crippen LogP contribution in [0.5, 0.6) is 0 Å². The van der Waals surface area contributed by atoms with E-state index in [0.717, 1.165) is 32.0 Å². The molecule has 0 radical (unpaired) electrons. The van der Waals surface area contributed by atoms with Crippen molar-refractivity contribution < 1.29 is 4.79 Å². The van der Waals surface area contributed by atoms with Crippen LogP contribution in [-0.2, 0) is 17.6 Å². The van der Waals surface area contributed by atoms with Crippen LogP contribution in [-0.4, -0.2) is 47.9 Å². The lowest BCUT2D eigenvalue weighted by atomic mass is 9.91. The Balaban J connectivity index is 1.46. The number of amides is 1. The predicted molar refractivity (Wildman–Crippen MR) is 120 cm³/mol. The number of benzene rings is 2. The van der Waals surface area contributed by atoms with E-state index in [2.05, 4.69) is 61.2 Å². The van der Waals surface area contributed by atoms with E-state index in [1.165, 1.54) is 53.7 Å². The van der Waals surface area contributed by atoms with Gasteiger partial charge in [-0.2, -0.15) is 0 Å². The zero-order valence-corrected chi connectivity index (χ0v) is 18.2. The first kappa shape index (κ1) is 20.2. The van der Waals surface area contributed by atoms with Gasteiger partial charge in [0.15, 0.2) is 0 Å². The largest absolute Gasteiger partial charge is 0.342 e. The number of fused-ring (bicyclic) bond motifs is 1. The molecule has 0 aromatic heterocycles. The highest BCUT2D eigenvalue weighted by Crippen LogP contribution is 2.30. The first-order chi connectivity index (χ1) is 14.0. The summed E-state index contributed by atoms with van der Waals surface area (Å²) in [5, 5.41) is 0. The van der Waals surface area contributed by atoms with Crippen molar-refractivity contribution in [3.05, 3.63) is 59.2 Å². The fourth-order valence-corrected chi connectivity index (χ4v) is 4.98. The van der Waals surface area contributed by atoms with Gasteiger partial charge in [-0.15, -0.1) is 0 Å². The Morgan fingerprint density at radius 3 is 2.48 bits per heavy atom. The summed E-state index contributed by atoms with van der Waals surface area (Å²) in [6.45, 7) is 10.4. The molecule has 154 valence electrons. The Hall–Kier alpha value is -2.13. The molecule has 2 aromatic rings. The zero-order valence-electron chi connectivity index (χ0n) is 18.2. The minimum Gasteiger partial charge on any atom is -0.342 e. The molecule has 2 aromatic carbocycles. The molecular formula is C26H34N2O. The topological polar surface area (TPSA) is 23.6 Å². The molecule has 0 unspecified atom stereocenters. The highest BCUT2D eigenvalue weighted by molar-refractivity contribution is 5.73. The lowest BCUT2D eigenvalue weighted by Gasteiger charge is -2.21. The summed E-state index contributed by atoms with van der Waals surface area (Å²) in [6.07, 6.45) is 4.78. The van der Waals surface area contributed by atoms with Crippen LogP contribution in [0.2, 0.25) is 0 Å². The Kier molecular flexibility index (Phi) is 6.05. The second-order valence-electron chi connectivity index (χ2n) is 9.00. The van der Waals surface area contributed by atoms with Gasteiger partial charge in [0.25, 0.3) is 0 Å².